The number of aromatic hydroxyl groups is 1. The Balaban J connectivity index is 2.63. The lowest BCUT2D eigenvalue weighted by atomic mass is 9.91. The van der Waals surface area contributed by atoms with E-state index in [1.54, 1.807) is 45.0 Å². The van der Waals surface area contributed by atoms with Crippen molar-refractivity contribution in [2.45, 2.75) is 92.0 Å². The van der Waals surface area contributed by atoms with E-state index < -0.39 is 41.1 Å². The van der Waals surface area contributed by atoms with E-state index in [1.165, 1.54) is 11.0 Å². The molecule has 38 heavy (non-hydrogen) atoms. The van der Waals surface area contributed by atoms with E-state index in [4.69, 9.17) is 4.74 Å². The molecule has 0 aliphatic rings. The van der Waals surface area contributed by atoms with Gasteiger partial charge in [-0.05, 0) is 72.1 Å². The highest BCUT2D eigenvalue weighted by molar-refractivity contribution is 6.00. The van der Waals surface area contributed by atoms with Crippen molar-refractivity contribution in [3.8, 4) is 5.75 Å². The highest BCUT2D eigenvalue weighted by atomic mass is 16.6. The predicted molar refractivity (Wildman–Crippen MR) is 150 cm³/mol. The maximum atomic E-state index is 14.3. The number of aryl methyl sites for hydroxylation is 1. The molecule has 0 aromatic heterocycles. The lowest BCUT2D eigenvalue weighted by Crippen LogP contribution is -2.59. The first-order chi connectivity index (χ1) is 17.6. The van der Waals surface area contributed by atoms with Crippen LogP contribution in [0.15, 0.2) is 48.5 Å². The van der Waals surface area contributed by atoms with Gasteiger partial charge in [0.05, 0.1) is 0 Å². The van der Waals surface area contributed by atoms with Gasteiger partial charge >= 0.3 is 6.09 Å². The molecule has 0 saturated heterocycles. The number of carbonyl (C=O) groups excluding carboxylic acids is 3. The average molecular weight is 526 g/mol. The van der Waals surface area contributed by atoms with Crippen LogP contribution in [0.3, 0.4) is 0 Å². The summed E-state index contributed by atoms with van der Waals surface area (Å²) in [6.07, 6.45) is -0.116. The quantitative estimate of drug-likeness (QED) is 0.395. The van der Waals surface area contributed by atoms with Crippen LogP contribution in [0.2, 0.25) is 0 Å². The van der Waals surface area contributed by atoms with Gasteiger partial charge in [0.25, 0.3) is 5.91 Å². The van der Waals surface area contributed by atoms with Gasteiger partial charge in [-0.1, -0.05) is 56.7 Å². The van der Waals surface area contributed by atoms with Crippen molar-refractivity contribution in [2.75, 3.05) is 5.32 Å². The molecule has 3 unspecified atom stereocenters. The Hall–Kier alpha value is -3.55. The van der Waals surface area contributed by atoms with Crippen LogP contribution in [0.5, 0.6) is 5.75 Å². The number of carbonyl (C=O) groups is 3. The molecule has 0 saturated carbocycles. The van der Waals surface area contributed by atoms with Crippen molar-refractivity contribution < 1.29 is 24.2 Å². The molecule has 3 N–H and O–H groups in total. The summed E-state index contributed by atoms with van der Waals surface area (Å²) in [5, 5.41) is 16.5. The van der Waals surface area contributed by atoms with Gasteiger partial charge in [-0.15, -0.1) is 0 Å². The first-order valence-electron chi connectivity index (χ1n) is 13.0. The summed E-state index contributed by atoms with van der Waals surface area (Å²) in [4.78, 5) is 42.5. The highest BCUT2D eigenvalue weighted by Gasteiger charge is 2.44. The topological polar surface area (TPSA) is 108 Å². The van der Waals surface area contributed by atoms with E-state index in [2.05, 4.69) is 10.6 Å². The van der Waals surface area contributed by atoms with Crippen LogP contribution in [0.4, 0.5) is 10.5 Å². The van der Waals surface area contributed by atoms with Gasteiger partial charge in [-0.25, -0.2) is 4.79 Å². The van der Waals surface area contributed by atoms with Crippen molar-refractivity contribution in [1.82, 2.24) is 10.2 Å². The minimum absolute atomic E-state index is 0.111. The third kappa shape index (κ3) is 7.97. The number of hydrogen-bond donors (Lipinski definition) is 3. The molecular formula is C30H43N3O5. The molecule has 0 radical (unpaired) electrons. The number of phenols is 1. The van der Waals surface area contributed by atoms with Gasteiger partial charge in [0, 0.05) is 16.8 Å². The van der Waals surface area contributed by atoms with E-state index in [1.807, 2.05) is 59.7 Å². The number of anilines is 1. The number of para-hydroxylation sites is 2. The number of nitrogens with zero attached hydrogens (tertiary/aromatic N) is 1. The predicted octanol–water partition coefficient (Wildman–Crippen LogP) is 5.95. The minimum Gasteiger partial charge on any atom is -0.508 e. The number of alkyl carbamates (subject to hydrolysis) is 1. The molecule has 0 aliphatic carbocycles. The fraction of sp³-hybridized carbons (Fsp3) is 0.500. The molecule has 8 heteroatoms. The Morgan fingerprint density at radius 2 is 1.55 bits per heavy atom. The van der Waals surface area contributed by atoms with Gasteiger partial charge in [0.15, 0.2) is 0 Å². The van der Waals surface area contributed by atoms with Crippen LogP contribution < -0.4 is 10.6 Å². The molecule has 0 aliphatic heterocycles. The lowest BCUT2D eigenvalue weighted by Gasteiger charge is -2.44. The van der Waals surface area contributed by atoms with Crippen molar-refractivity contribution in [3.05, 3.63) is 59.7 Å². The number of benzene rings is 2. The van der Waals surface area contributed by atoms with Crippen LogP contribution >= 0.6 is 0 Å². The van der Waals surface area contributed by atoms with E-state index in [9.17, 15) is 19.5 Å². The summed E-state index contributed by atoms with van der Waals surface area (Å²) < 4.78 is 5.44. The molecule has 0 spiro atoms. The molecule has 8 nitrogen and oxygen atoms in total. The van der Waals surface area contributed by atoms with E-state index in [0.717, 1.165) is 5.56 Å². The number of hydrogen-bond acceptors (Lipinski definition) is 5. The molecular weight excluding hydrogens is 482 g/mol. The van der Waals surface area contributed by atoms with Gasteiger partial charge in [-0.3, -0.25) is 9.59 Å². The average Bonchev–Trinajstić information content (AvgIpc) is 2.80. The first-order valence-corrected chi connectivity index (χ1v) is 13.0. The van der Waals surface area contributed by atoms with Crippen molar-refractivity contribution in [1.29, 1.82) is 0 Å². The zero-order chi connectivity index (χ0) is 28.8. The Labute approximate surface area is 226 Å². The second-order valence-electron chi connectivity index (χ2n) is 11.7. The maximum absolute atomic E-state index is 14.3. The van der Waals surface area contributed by atoms with E-state index in [-0.39, 0.29) is 17.2 Å². The third-order valence-electron chi connectivity index (χ3n) is 6.25. The Morgan fingerprint density at radius 1 is 0.974 bits per heavy atom. The number of nitrogens with one attached hydrogen (secondary N) is 2. The Bertz CT molecular complexity index is 1130. The van der Waals surface area contributed by atoms with Gasteiger partial charge in [0.2, 0.25) is 5.91 Å². The highest BCUT2D eigenvalue weighted by Crippen LogP contribution is 2.36. The SMILES string of the molecule is CCC(C)C(NC(=O)OC(C)(C)C)C(=O)N(C(C(=O)Nc1ccccc1C)c1ccccc1O)C(C)(C)C. The summed E-state index contributed by atoms with van der Waals surface area (Å²) in [6.45, 7) is 16.4. The van der Waals surface area contributed by atoms with Crippen molar-refractivity contribution in [2.24, 2.45) is 5.92 Å². The molecule has 3 atom stereocenters. The van der Waals surface area contributed by atoms with E-state index in [0.29, 0.717) is 12.1 Å². The molecule has 2 aromatic carbocycles. The zero-order valence-corrected chi connectivity index (χ0v) is 24.1. The molecule has 0 bridgehead atoms. The first kappa shape index (κ1) is 30.7. The normalized spacial score (nSPS) is 14.1. The maximum Gasteiger partial charge on any atom is 0.408 e. The summed E-state index contributed by atoms with van der Waals surface area (Å²) in [5.74, 6) is -1.31. The molecule has 0 heterocycles. The summed E-state index contributed by atoms with van der Waals surface area (Å²) in [5.41, 5.74) is 0.123. The Kier molecular flexibility index (Phi) is 9.95. The summed E-state index contributed by atoms with van der Waals surface area (Å²) in [7, 11) is 0. The number of rotatable bonds is 8. The van der Waals surface area contributed by atoms with Crippen LogP contribution in [-0.4, -0.2) is 45.1 Å². The smallest absolute Gasteiger partial charge is 0.408 e. The van der Waals surface area contributed by atoms with Crippen LogP contribution in [0.1, 0.15) is 79.0 Å². The molecule has 2 aromatic rings. The standard InChI is InChI=1S/C30H43N3O5/c1-10-19(2)24(32-28(37)38-30(7,8)9)27(36)33(29(4,5)6)25(21-16-12-14-18-23(21)34)26(35)31-22-17-13-11-15-20(22)3/h11-19,24-25,34H,10H2,1-9H3,(H,31,35)(H,32,37). The second-order valence-corrected chi connectivity index (χ2v) is 11.7. The van der Waals surface area contributed by atoms with Crippen LogP contribution in [0, 0.1) is 12.8 Å². The summed E-state index contributed by atoms with van der Waals surface area (Å²) in [6, 6.07) is 11.7. The lowest BCUT2D eigenvalue weighted by molar-refractivity contribution is -0.148. The van der Waals surface area contributed by atoms with Gasteiger partial charge in [0.1, 0.15) is 23.4 Å². The monoisotopic (exact) mass is 525 g/mol. The third-order valence-corrected chi connectivity index (χ3v) is 6.25. The molecule has 2 rings (SSSR count). The minimum atomic E-state index is -1.18. The number of ether oxygens (including phenoxy) is 1. The van der Waals surface area contributed by atoms with E-state index >= 15 is 0 Å². The zero-order valence-electron chi connectivity index (χ0n) is 24.1. The van der Waals surface area contributed by atoms with Crippen LogP contribution in [-0.2, 0) is 14.3 Å². The number of phenolic OH excluding ortho intramolecular Hbond substituents is 1. The Morgan fingerprint density at radius 3 is 2.08 bits per heavy atom. The largest absolute Gasteiger partial charge is 0.508 e. The van der Waals surface area contributed by atoms with Gasteiger partial charge < -0.3 is 25.4 Å². The van der Waals surface area contributed by atoms with Crippen LogP contribution in [0.25, 0.3) is 0 Å². The molecule has 0 fully saturated rings. The fourth-order valence-corrected chi connectivity index (χ4v) is 4.14. The molecule has 3 amide bonds. The fourth-order valence-electron chi connectivity index (χ4n) is 4.14. The van der Waals surface area contributed by atoms with Gasteiger partial charge in [-0.2, -0.15) is 0 Å². The second kappa shape index (κ2) is 12.3. The molecule has 208 valence electrons. The van der Waals surface area contributed by atoms with Crippen molar-refractivity contribution >= 4 is 23.6 Å². The summed E-state index contributed by atoms with van der Waals surface area (Å²) >= 11 is 0. The van der Waals surface area contributed by atoms with Crippen molar-refractivity contribution in [3.63, 3.8) is 0 Å². The number of amides is 3.